The van der Waals surface area contributed by atoms with Crippen molar-refractivity contribution >= 4 is 33.2 Å². The molecule has 106 valence electrons. The summed E-state index contributed by atoms with van der Waals surface area (Å²) in [5.74, 6) is 5.10. The van der Waals surface area contributed by atoms with Gasteiger partial charge in [0.25, 0.3) is 5.91 Å². The number of likely N-dealkylation sites (N-methyl/N-ethyl adjacent to an activating group) is 1. The summed E-state index contributed by atoms with van der Waals surface area (Å²) in [5.41, 5.74) is 4.33. The van der Waals surface area contributed by atoms with Gasteiger partial charge in [0.15, 0.2) is 0 Å². The van der Waals surface area contributed by atoms with Crippen LogP contribution in [0.3, 0.4) is 0 Å². The Kier molecular flexibility index (Phi) is 5.31. The van der Waals surface area contributed by atoms with Crippen LogP contribution >= 0.6 is 27.3 Å². The summed E-state index contributed by atoms with van der Waals surface area (Å²) in [5, 5.41) is 2.07. The normalized spacial score (nSPS) is 12.4. The summed E-state index contributed by atoms with van der Waals surface area (Å²) < 4.78 is 1.08. The number of hydrogen-bond acceptors (Lipinski definition) is 4. The van der Waals surface area contributed by atoms with Gasteiger partial charge in [-0.15, -0.1) is 11.3 Å². The lowest BCUT2D eigenvalue weighted by Crippen LogP contribution is -2.41. The van der Waals surface area contributed by atoms with E-state index in [4.69, 9.17) is 5.84 Å². The molecule has 0 aliphatic carbocycles. The average molecular weight is 354 g/mol. The molecule has 2 aromatic rings. The molecule has 0 bridgehead atoms. The second kappa shape index (κ2) is 6.99. The van der Waals surface area contributed by atoms with E-state index >= 15 is 0 Å². The van der Waals surface area contributed by atoms with Crippen LogP contribution in [0.25, 0.3) is 0 Å². The van der Waals surface area contributed by atoms with Gasteiger partial charge in [-0.1, -0.05) is 30.3 Å². The molecule has 1 heterocycles. The number of nitrogens with zero attached hydrogens (tertiary/aromatic N) is 1. The highest BCUT2D eigenvalue weighted by Crippen LogP contribution is 2.25. The van der Waals surface area contributed by atoms with E-state index in [9.17, 15) is 4.79 Å². The molecule has 1 atom stereocenters. The molecular formula is C14H16BrN3OS. The third-order valence-electron chi connectivity index (χ3n) is 3.00. The molecule has 0 aliphatic heterocycles. The van der Waals surface area contributed by atoms with Gasteiger partial charge in [-0.05, 0) is 45.6 Å². The number of nitrogens with one attached hydrogen (secondary N) is 1. The van der Waals surface area contributed by atoms with Gasteiger partial charge in [0.2, 0.25) is 0 Å². The summed E-state index contributed by atoms with van der Waals surface area (Å²) in [4.78, 5) is 14.0. The molecule has 0 aliphatic rings. The second-order valence-corrected chi connectivity index (χ2v) is 6.79. The van der Waals surface area contributed by atoms with Gasteiger partial charge in [-0.2, -0.15) is 0 Å². The maximum atomic E-state index is 12.1. The zero-order valence-corrected chi connectivity index (χ0v) is 13.4. The highest BCUT2D eigenvalue weighted by molar-refractivity contribution is 9.11. The van der Waals surface area contributed by atoms with E-state index in [1.807, 2.05) is 42.3 Å². The van der Waals surface area contributed by atoms with E-state index in [0.29, 0.717) is 6.54 Å². The van der Waals surface area contributed by atoms with Gasteiger partial charge in [0, 0.05) is 6.54 Å². The van der Waals surface area contributed by atoms with E-state index in [2.05, 4.69) is 32.8 Å². The Morgan fingerprint density at radius 1 is 1.45 bits per heavy atom. The number of hydrazine groups is 1. The Hall–Kier alpha value is -1.21. The molecule has 0 saturated carbocycles. The molecule has 1 aromatic heterocycles. The van der Waals surface area contributed by atoms with Crippen LogP contribution in [0.4, 0.5) is 0 Å². The monoisotopic (exact) mass is 353 g/mol. The number of rotatable bonds is 5. The standard InChI is InChI=1S/C14H16BrN3OS/c1-18(8-10-7-12(15)20-9-10)13(14(19)17-16)11-5-3-2-4-6-11/h2-7,9,13H,8,16H2,1H3,(H,17,19). The largest absolute Gasteiger partial charge is 0.293 e. The van der Waals surface area contributed by atoms with Crippen LogP contribution in [-0.2, 0) is 11.3 Å². The van der Waals surface area contributed by atoms with Crippen molar-refractivity contribution in [1.82, 2.24) is 10.3 Å². The lowest BCUT2D eigenvalue weighted by atomic mass is 10.0. The van der Waals surface area contributed by atoms with Gasteiger partial charge in [-0.3, -0.25) is 15.1 Å². The maximum absolute atomic E-state index is 12.1. The van der Waals surface area contributed by atoms with Gasteiger partial charge in [-0.25, -0.2) is 5.84 Å². The molecule has 0 saturated heterocycles. The van der Waals surface area contributed by atoms with Gasteiger partial charge >= 0.3 is 0 Å². The molecule has 20 heavy (non-hydrogen) atoms. The van der Waals surface area contributed by atoms with Crippen LogP contribution in [0.5, 0.6) is 0 Å². The lowest BCUT2D eigenvalue weighted by molar-refractivity contribution is -0.126. The number of nitrogens with two attached hydrogens (primary N) is 1. The number of benzene rings is 1. The van der Waals surface area contributed by atoms with Gasteiger partial charge < -0.3 is 0 Å². The first-order valence-corrected chi connectivity index (χ1v) is 7.77. The van der Waals surface area contributed by atoms with E-state index in [1.165, 1.54) is 0 Å². The molecule has 6 heteroatoms. The molecule has 2 rings (SSSR count). The summed E-state index contributed by atoms with van der Waals surface area (Å²) in [6.07, 6.45) is 0. The predicted octanol–water partition coefficient (Wildman–Crippen LogP) is 2.67. The molecule has 0 radical (unpaired) electrons. The first-order valence-electron chi connectivity index (χ1n) is 6.10. The number of thiophene rings is 1. The zero-order chi connectivity index (χ0) is 14.5. The molecule has 0 spiro atoms. The third-order valence-corrected chi connectivity index (χ3v) is 4.55. The molecule has 4 nitrogen and oxygen atoms in total. The molecule has 0 fully saturated rings. The zero-order valence-electron chi connectivity index (χ0n) is 11.0. The minimum absolute atomic E-state index is 0.215. The van der Waals surface area contributed by atoms with E-state index in [1.54, 1.807) is 11.3 Å². The fourth-order valence-corrected chi connectivity index (χ4v) is 3.33. The van der Waals surface area contributed by atoms with Crippen molar-refractivity contribution in [2.45, 2.75) is 12.6 Å². The van der Waals surface area contributed by atoms with Crippen LogP contribution in [0.1, 0.15) is 17.2 Å². The van der Waals surface area contributed by atoms with E-state index in [0.717, 1.165) is 14.9 Å². The summed E-state index contributed by atoms with van der Waals surface area (Å²) in [6, 6.07) is 11.3. The smallest absolute Gasteiger partial charge is 0.255 e. The van der Waals surface area contributed by atoms with Crippen molar-refractivity contribution < 1.29 is 4.79 Å². The first-order chi connectivity index (χ1) is 9.61. The van der Waals surface area contributed by atoms with Crippen molar-refractivity contribution in [3.8, 4) is 0 Å². The third kappa shape index (κ3) is 3.67. The van der Waals surface area contributed by atoms with Gasteiger partial charge in [0.05, 0.1) is 3.79 Å². The van der Waals surface area contributed by atoms with Crippen molar-refractivity contribution in [3.63, 3.8) is 0 Å². The number of halogens is 1. The van der Waals surface area contributed by atoms with Crippen LogP contribution in [0.2, 0.25) is 0 Å². The highest BCUT2D eigenvalue weighted by atomic mass is 79.9. The Morgan fingerprint density at radius 2 is 2.15 bits per heavy atom. The topological polar surface area (TPSA) is 58.4 Å². The van der Waals surface area contributed by atoms with Gasteiger partial charge in [0.1, 0.15) is 6.04 Å². The summed E-state index contributed by atoms with van der Waals surface area (Å²) in [7, 11) is 1.92. The Bertz CT molecular complexity index is 573. The molecule has 1 amide bonds. The second-order valence-electron chi connectivity index (χ2n) is 4.50. The Morgan fingerprint density at radius 3 is 2.70 bits per heavy atom. The number of carbonyl (C=O) groups is 1. The minimum atomic E-state index is -0.403. The van der Waals surface area contributed by atoms with Crippen molar-refractivity contribution in [2.75, 3.05) is 7.05 Å². The Labute approximate surface area is 130 Å². The lowest BCUT2D eigenvalue weighted by Gasteiger charge is -2.26. The van der Waals surface area contributed by atoms with E-state index < -0.39 is 6.04 Å². The van der Waals surface area contributed by atoms with E-state index in [-0.39, 0.29) is 5.91 Å². The highest BCUT2D eigenvalue weighted by Gasteiger charge is 2.24. The fourth-order valence-electron chi connectivity index (χ4n) is 2.13. The number of hydrogen-bond donors (Lipinski definition) is 2. The van der Waals surface area contributed by atoms with Crippen LogP contribution in [-0.4, -0.2) is 17.9 Å². The number of amides is 1. The van der Waals surface area contributed by atoms with Crippen LogP contribution < -0.4 is 11.3 Å². The van der Waals surface area contributed by atoms with Crippen molar-refractivity contribution in [1.29, 1.82) is 0 Å². The van der Waals surface area contributed by atoms with Crippen molar-refractivity contribution in [2.24, 2.45) is 5.84 Å². The van der Waals surface area contributed by atoms with Crippen LogP contribution in [0.15, 0.2) is 45.6 Å². The molecular weight excluding hydrogens is 338 g/mol. The van der Waals surface area contributed by atoms with Crippen molar-refractivity contribution in [3.05, 3.63) is 56.7 Å². The first kappa shape index (κ1) is 15.2. The Balaban J connectivity index is 2.20. The quantitative estimate of drug-likeness (QED) is 0.493. The molecule has 1 aromatic carbocycles. The average Bonchev–Trinajstić information content (AvgIpc) is 2.85. The summed E-state index contributed by atoms with van der Waals surface area (Å²) in [6.45, 7) is 0.676. The minimum Gasteiger partial charge on any atom is -0.293 e. The fraction of sp³-hybridized carbons (Fsp3) is 0.214. The number of carbonyl (C=O) groups excluding carboxylic acids is 1. The SMILES string of the molecule is CN(Cc1csc(Br)c1)C(C(=O)NN)c1ccccc1. The predicted molar refractivity (Wildman–Crippen MR) is 85.0 cm³/mol. The maximum Gasteiger partial charge on any atom is 0.255 e. The summed E-state index contributed by atoms with van der Waals surface area (Å²) >= 11 is 5.08. The molecule has 3 N–H and O–H groups in total. The molecule has 1 unspecified atom stereocenters. The van der Waals surface area contributed by atoms with Crippen LogP contribution in [0, 0.1) is 0 Å².